The topological polar surface area (TPSA) is 86.5 Å². The van der Waals surface area contributed by atoms with Gasteiger partial charge in [0.05, 0.1) is 18.5 Å². The van der Waals surface area contributed by atoms with Crippen molar-refractivity contribution in [2.75, 3.05) is 26.3 Å². The highest BCUT2D eigenvalue weighted by molar-refractivity contribution is 5.90. The second-order valence-electron chi connectivity index (χ2n) is 11.5. The first-order chi connectivity index (χ1) is 21.6. The molecule has 0 N–H and O–H groups in total. The molecule has 1 amide bonds. The van der Waals surface area contributed by atoms with Gasteiger partial charge in [-0.1, -0.05) is 25.1 Å². The van der Waals surface area contributed by atoms with Crippen LogP contribution in [0.4, 0.5) is 13.2 Å². The van der Waals surface area contributed by atoms with Crippen LogP contribution >= 0.6 is 0 Å². The summed E-state index contributed by atoms with van der Waals surface area (Å²) in [5.41, 5.74) is 3.00. The Balaban J connectivity index is 1.35. The molecule has 2 aliphatic rings. The monoisotopic (exact) mass is 624 g/mol. The molecule has 0 saturated carbocycles. The summed E-state index contributed by atoms with van der Waals surface area (Å²) in [6, 6.07) is 11.2. The van der Waals surface area contributed by atoms with E-state index in [4.69, 9.17) is 9.47 Å². The Hall–Kier alpha value is -4.15. The van der Waals surface area contributed by atoms with Crippen LogP contribution in [0.1, 0.15) is 97.6 Å². The largest absolute Gasteiger partial charge is 0.489 e. The summed E-state index contributed by atoms with van der Waals surface area (Å²) < 4.78 is 54.1. The third-order valence-electron chi connectivity index (χ3n) is 8.60. The van der Waals surface area contributed by atoms with Crippen molar-refractivity contribution in [3.05, 3.63) is 76.2 Å². The maximum Gasteiger partial charge on any atom is 0.434 e. The third-order valence-corrected chi connectivity index (χ3v) is 8.60. The molecule has 11 heteroatoms. The number of hydrogen-bond acceptors (Lipinski definition) is 6. The van der Waals surface area contributed by atoms with Crippen LogP contribution in [0.25, 0.3) is 11.4 Å². The summed E-state index contributed by atoms with van der Waals surface area (Å²) in [7, 11) is 0. The molecule has 3 aromatic rings. The van der Waals surface area contributed by atoms with Crippen molar-refractivity contribution in [2.45, 2.75) is 77.8 Å². The summed E-state index contributed by atoms with van der Waals surface area (Å²) >= 11 is 0. The summed E-state index contributed by atoms with van der Waals surface area (Å²) in [6.07, 6.45) is 1.90. The number of ether oxygens (including phenoxy) is 2. The second kappa shape index (κ2) is 13.9. The number of benzene rings is 1. The Kier molecular flexibility index (Phi) is 9.94. The minimum absolute atomic E-state index is 0.0370. The van der Waals surface area contributed by atoms with Gasteiger partial charge < -0.3 is 14.4 Å². The molecule has 8 nitrogen and oxygen atoms in total. The van der Waals surface area contributed by atoms with Gasteiger partial charge in [-0.05, 0) is 98.8 Å². The van der Waals surface area contributed by atoms with Crippen LogP contribution in [0.2, 0.25) is 0 Å². The standard InChI is InChI=1S/C34H39F3N4O4/c1-4-31(42)40-17-15-23(16-18-40)24-13-14-29(22(3)19-24)45-21-25-9-6-7-10-26(25)28-11-8-12-30(39-28)41-32(34(35,36)37)27(20-38-41)33(43)44-5-2/h8,11-14,19-20,23H,4-7,9-10,15-18,21H2,1-3H3. The average Bonchev–Trinajstić information content (AvgIpc) is 3.51. The molecular weight excluding hydrogens is 585 g/mol. The van der Waals surface area contributed by atoms with Gasteiger partial charge in [0.1, 0.15) is 17.9 Å². The Morgan fingerprint density at radius 3 is 2.49 bits per heavy atom. The molecule has 2 aromatic heterocycles. The molecule has 0 bridgehead atoms. The molecule has 45 heavy (non-hydrogen) atoms. The zero-order chi connectivity index (χ0) is 32.1. The van der Waals surface area contributed by atoms with Gasteiger partial charge in [0, 0.05) is 19.5 Å². The number of carbonyl (C=O) groups excluding carboxylic acids is 2. The maximum absolute atomic E-state index is 14.1. The summed E-state index contributed by atoms with van der Waals surface area (Å²) in [5, 5.41) is 3.88. The Bertz CT molecular complexity index is 1570. The van der Waals surface area contributed by atoms with E-state index in [-0.39, 0.29) is 18.3 Å². The van der Waals surface area contributed by atoms with E-state index in [1.807, 2.05) is 24.8 Å². The lowest BCUT2D eigenvalue weighted by molar-refractivity contribution is -0.143. The van der Waals surface area contributed by atoms with Crippen LogP contribution < -0.4 is 4.74 Å². The Morgan fingerprint density at radius 1 is 1.04 bits per heavy atom. The van der Waals surface area contributed by atoms with Crippen molar-refractivity contribution in [3.63, 3.8) is 0 Å². The van der Waals surface area contributed by atoms with Gasteiger partial charge in [-0.25, -0.2) is 14.5 Å². The number of hydrogen-bond donors (Lipinski definition) is 0. The highest BCUT2D eigenvalue weighted by atomic mass is 19.4. The quantitative estimate of drug-likeness (QED) is 0.233. The number of aromatic nitrogens is 3. The number of nitrogens with zero attached hydrogens (tertiary/aromatic N) is 4. The van der Waals surface area contributed by atoms with Crippen LogP contribution in [-0.2, 0) is 15.7 Å². The molecule has 0 unspecified atom stereocenters. The van der Waals surface area contributed by atoms with E-state index in [1.54, 1.807) is 12.1 Å². The van der Waals surface area contributed by atoms with Crippen LogP contribution in [0.5, 0.6) is 5.75 Å². The van der Waals surface area contributed by atoms with Crippen molar-refractivity contribution in [1.82, 2.24) is 19.7 Å². The van der Waals surface area contributed by atoms with Crippen LogP contribution in [0, 0.1) is 6.92 Å². The minimum atomic E-state index is -4.85. The second-order valence-corrected chi connectivity index (χ2v) is 11.5. The Labute approximate surface area is 261 Å². The summed E-state index contributed by atoms with van der Waals surface area (Å²) in [6.45, 7) is 7.31. The van der Waals surface area contributed by atoms with E-state index in [2.05, 4.69) is 22.2 Å². The molecule has 1 saturated heterocycles. The SMILES string of the molecule is CCOC(=O)c1cnn(-c2cccc(C3=C(COc4ccc(C5CCN(C(=O)CC)CC5)cc4C)CCCC3)n2)c1C(F)(F)F. The average molecular weight is 625 g/mol. The predicted octanol–water partition coefficient (Wildman–Crippen LogP) is 7.29. The van der Waals surface area contributed by atoms with Crippen molar-refractivity contribution in [2.24, 2.45) is 0 Å². The van der Waals surface area contributed by atoms with Gasteiger partial charge in [0.15, 0.2) is 11.5 Å². The normalized spacial score (nSPS) is 16.2. The molecule has 1 fully saturated rings. The molecule has 3 heterocycles. The highest BCUT2D eigenvalue weighted by Crippen LogP contribution is 2.36. The number of alkyl halides is 3. The third kappa shape index (κ3) is 7.23. The molecule has 240 valence electrons. The van der Waals surface area contributed by atoms with E-state index < -0.39 is 23.4 Å². The van der Waals surface area contributed by atoms with Gasteiger partial charge in [-0.3, -0.25) is 4.79 Å². The molecular formula is C34H39F3N4O4. The smallest absolute Gasteiger partial charge is 0.434 e. The molecule has 0 atom stereocenters. The molecule has 0 radical (unpaired) electrons. The number of rotatable bonds is 9. The molecule has 0 spiro atoms. The number of amides is 1. The number of carbonyl (C=O) groups is 2. The zero-order valence-corrected chi connectivity index (χ0v) is 26.0. The lowest BCUT2D eigenvalue weighted by Gasteiger charge is -2.32. The fraction of sp³-hybridized carbons (Fsp3) is 0.471. The van der Waals surface area contributed by atoms with Gasteiger partial charge in [0.2, 0.25) is 5.91 Å². The number of piperidine rings is 1. The van der Waals surface area contributed by atoms with E-state index in [0.29, 0.717) is 29.3 Å². The van der Waals surface area contributed by atoms with E-state index in [9.17, 15) is 22.8 Å². The lowest BCUT2D eigenvalue weighted by Crippen LogP contribution is -2.37. The number of allylic oxidation sites excluding steroid dienone is 1. The van der Waals surface area contributed by atoms with Crippen molar-refractivity contribution < 1.29 is 32.2 Å². The molecule has 1 aromatic carbocycles. The molecule has 1 aliphatic heterocycles. The van der Waals surface area contributed by atoms with Crippen LogP contribution in [-0.4, -0.2) is 57.8 Å². The van der Waals surface area contributed by atoms with Crippen molar-refractivity contribution in [1.29, 1.82) is 0 Å². The zero-order valence-electron chi connectivity index (χ0n) is 26.0. The van der Waals surface area contributed by atoms with E-state index in [0.717, 1.165) is 80.3 Å². The first kappa shape index (κ1) is 32.2. The summed E-state index contributed by atoms with van der Waals surface area (Å²) in [4.78, 5) is 30.8. The summed E-state index contributed by atoms with van der Waals surface area (Å²) in [5.74, 6) is 0.283. The van der Waals surface area contributed by atoms with Gasteiger partial charge in [-0.2, -0.15) is 18.3 Å². The van der Waals surface area contributed by atoms with Crippen molar-refractivity contribution >= 4 is 17.4 Å². The predicted molar refractivity (Wildman–Crippen MR) is 163 cm³/mol. The fourth-order valence-corrected chi connectivity index (χ4v) is 6.24. The molecule has 5 rings (SSSR count). The number of pyridine rings is 1. The number of esters is 1. The first-order valence-electron chi connectivity index (χ1n) is 15.6. The van der Waals surface area contributed by atoms with Gasteiger partial charge in [-0.15, -0.1) is 0 Å². The minimum Gasteiger partial charge on any atom is -0.489 e. The van der Waals surface area contributed by atoms with Crippen LogP contribution in [0.3, 0.4) is 0 Å². The van der Waals surface area contributed by atoms with Gasteiger partial charge >= 0.3 is 12.1 Å². The maximum atomic E-state index is 14.1. The first-order valence-corrected chi connectivity index (χ1v) is 15.6. The molecule has 1 aliphatic carbocycles. The van der Waals surface area contributed by atoms with E-state index in [1.165, 1.54) is 18.6 Å². The fourth-order valence-electron chi connectivity index (χ4n) is 6.24. The lowest BCUT2D eigenvalue weighted by atomic mass is 9.88. The van der Waals surface area contributed by atoms with Crippen LogP contribution in [0.15, 0.2) is 48.2 Å². The van der Waals surface area contributed by atoms with Gasteiger partial charge in [0.25, 0.3) is 0 Å². The number of likely N-dealkylation sites (tertiary alicyclic amines) is 1. The van der Waals surface area contributed by atoms with E-state index >= 15 is 0 Å². The number of aryl methyl sites for hydroxylation is 1. The number of halogens is 3. The highest BCUT2D eigenvalue weighted by Gasteiger charge is 2.41. The van der Waals surface area contributed by atoms with Crippen molar-refractivity contribution in [3.8, 4) is 11.6 Å². The Morgan fingerprint density at radius 2 is 1.80 bits per heavy atom.